The van der Waals surface area contributed by atoms with E-state index in [2.05, 4.69) is 16.0 Å². The predicted octanol–water partition coefficient (Wildman–Crippen LogP) is 0.808. The van der Waals surface area contributed by atoms with Crippen molar-refractivity contribution in [2.75, 3.05) is 18.8 Å². The van der Waals surface area contributed by atoms with E-state index >= 15 is 0 Å². The van der Waals surface area contributed by atoms with Gasteiger partial charge in [-0.1, -0.05) is 23.7 Å². The van der Waals surface area contributed by atoms with Crippen LogP contribution in [-0.4, -0.2) is 48.8 Å². The molecule has 8 heteroatoms. The molecule has 0 bridgehead atoms. The Morgan fingerprint density at radius 2 is 1.96 bits per heavy atom. The predicted molar refractivity (Wildman–Crippen MR) is 101 cm³/mol. The smallest absolute Gasteiger partial charge is 0.237 e. The van der Waals surface area contributed by atoms with Crippen molar-refractivity contribution in [2.45, 2.75) is 36.2 Å². The normalized spacial score (nSPS) is 28.7. The van der Waals surface area contributed by atoms with Crippen LogP contribution in [0.5, 0.6) is 0 Å². The van der Waals surface area contributed by atoms with Gasteiger partial charge in [0, 0.05) is 34.7 Å². The Bertz CT molecular complexity index is 628. The van der Waals surface area contributed by atoms with E-state index in [4.69, 9.17) is 17.3 Å². The second kappa shape index (κ2) is 8.40. The highest BCUT2D eigenvalue weighted by Crippen LogP contribution is 2.40. The summed E-state index contributed by atoms with van der Waals surface area (Å²) < 4.78 is 0. The van der Waals surface area contributed by atoms with Crippen molar-refractivity contribution in [3.63, 3.8) is 0 Å². The molecule has 4 atom stereocenters. The molecule has 0 radical (unpaired) electrons. The van der Waals surface area contributed by atoms with E-state index < -0.39 is 0 Å². The highest BCUT2D eigenvalue weighted by Gasteiger charge is 2.33. The molecule has 0 saturated carbocycles. The molecule has 2 fully saturated rings. The van der Waals surface area contributed by atoms with E-state index in [0.717, 1.165) is 17.2 Å². The molecule has 2 aliphatic rings. The molecule has 0 spiro atoms. The maximum atomic E-state index is 12.5. The summed E-state index contributed by atoms with van der Waals surface area (Å²) in [6.07, 6.45) is 1.51. The van der Waals surface area contributed by atoms with Gasteiger partial charge in [0.2, 0.25) is 11.8 Å². The summed E-state index contributed by atoms with van der Waals surface area (Å²) in [4.78, 5) is 23.8. The Morgan fingerprint density at radius 3 is 2.68 bits per heavy atom. The van der Waals surface area contributed by atoms with E-state index in [0.29, 0.717) is 18.2 Å². The third-order valence-corrected chi connectivity index (χ3v) is 6.30. The van der Waals surface area contributed by atoms with Gasteiger partial charge in [-0.2, -0.15) is 11.8 Å². The largest absolute Gasteiger partial charge is 0.351 e. The average molecular weight is 383 g/mol. The van der Waals surface area contributed by atoms with Crippen LogP contribution in [0.3, 0.4) is 0 Å². The number of carbonyl (C=O) groups is 2. The first-order valence-corrected chi connectivity index (χ1v) is 9.88. The lowest BCUT2D eigenvalue weighted by molar-refractivity contribution is -0.124. The molecule has 5 N–H and O–H groups in total. The maximum absolute atomic E-state index is 12.5. The van der Waals surface area contributed by atoms with Crippen LogP contribution in [0, 0.1) is 0 Å². The summed E-state index contributed by atoms with van der Waals surface area (Å²) in [6.45, 7) is 0.565. The lowest BCUT2D eigenvalue weighted by Crippen LogP contribution is -2.45. The minimum Gasteiger partial charge on any atom is -0.351 e. The molecule has 2 aliphatic heterocycles. The number of hydrogen-bond acceptors (Lipinski definition) is 5. The van der Waals surface area contributed by atoms with Crippen molar-refractivity contribution >= 4 is 35.2 Å². The van der Waals surface area contributed by atoms with Crippen molar-refractivity contribution in [1.82, 2.24) is 16.0 Å². The van der Waals surface area contributed by atoms with Crippen LogP contribution in [0.25, 0.3) is 0 Å². The SMILES string of the molecule is NCC(=O)N[C@H]1CN[C@H](C(=O)NC2CSC(c3ccc(Cl)cc3)C2)C1. The first kappa shape index (κ1) is 18.5. The number of rotatable bonds is 5. The Kier molecular flexibility index (Phi) is 6.22. The first-order chi connectivity index (χ1) is 12.0. The highest BCUT2D eigenvalue weighted by atomic mass is 35.5. The molecule has 0 aliphatic carbocycles. The third kappa shape index (κ3) is 4.88. The van der Waals surface area contributed by atoms with Crippen molar-refractivity contribution in [2.24, 2.45) is 5.73 Å². The number of halogens is 1. The maximum Gasteiger partial charge on any atom is 0.237 e. The zero-order valence-corrected chi connectivity index (χ0v) is 15.4. The number of carbonyl (C=O) groups excluding carboxylic acids is 2. The number of hydrogen-bond donors (Lipinski definition) is 4. The summed E-state index contributed by atoms with van der Waals surface area (Å²) in [7, 11) is 0. The van der Waals surface area contributed by atoms with Crippen LogP contribution in [0.1, 0.15) is 23.7 Å². The molecule has 25 heavy (non-hydrogen) atoms. The number of nitrogens with two attached hydrogens (primary N) is 1. The number of nitrogens with one attached hydrogen (secondary N) is 3. The molecule has 1 aromatic carbocycles. The summed E-state index contributed by atoms with van der Waals surface area (Å²) >= 11 is 7.79. The summed E-state index contributed by atoms with van der Waals surface area (Å²) in [5.41, 5.74) is 6.55. The summed E-state index contributed by atoms with van der Waals surface area (Å²) in [5.74, 6) is 0.719. The fourth-order valence-corrected chi connectivity index (χ4v) is 4.80. The van der Waals surface area contributed by atoms with Crippen molar-refractivity contribution < 1.29 is 9.59 Å². The second-order valence-corrected chi connectivity index (χ2v) is 8.15. The minimum absolute atomic E-state index is 0.00635. The van der Waals surface area contributed by atoms with Crippen LogP contribution in [0.15, 0.2) is 24.3 Å². The van der Waals surface area contributed by atoms with Gasteiger partial charge >= 0.3 is 0 Å². The molecule has 1 aromatic rings. The quantitative estimate of drug-likeness (QED) is 0.604. The van der Waals surface area contributed by atoms with Crippen LogP contribution >= 0.6 is 23.4 Å². The van der Waals surface area contributed by atoms with Gasteiger partial charge in [-0.25, -0.2) is 0 Å². The van der Waals surface area contributed by atoms with E-state index in [-0.39, 0.29) is 36.5 Å². The zero-order valence-electron chi connectivity index (χ0n) is 13.8. The fourth-order valence-electron chi connectivity index (χ4n) is 3.27. The Hall–Kier alpha value is -1.28. The van der Waals surface area contributed by atoms with Crippen LogP contribution < -0.4 is 21.7 Å². The van der Waals surface area contributed by atoms with E-state index in [1.807, 2.05) is 36.0 Å². The Balaban J connectivity index is 1.46. The molecule has 2 saturated heterocycles. The highest BCUT2D eigenvalue weighted by molar-refractivity contribution is 7.99. The van der Waals surface area contributed by atoms with Gasteiger partial charge in [0.25, 0.3) is 0 Å². The van der Waals surface area contributed by atoms with Gasteiger partial charge in [0.15, 0.2) is 0 Å². The van der Waals surface area contributed by atoms with Gasteiger partial charge < -0.3 is 21.7 Å². The Morgan fingerprint density at radius 1 is 1.20 bits per heavy atom. The molecular formula is C17H23ClN4O2S. The second-order valence-electron chi connectivity index (χ2n) is 6.48. The van der Waals surface area contributed by atoms with E-state index in [1.54, 1.807) is 0 Å². The molecule has 136 valence electrons. The topological polar surface area (TPSA) is 96.2 Å². The number of thioether (sulfide) groups is 1. The van der Waals surface area contributed by atoms with Crippen molar-refractivity contribution in [3.8, 4) is 0 Å². The molecule has 0 aromatic heterocycles. The standard InChI is InChI=1S/C17H23ClN4O2S/c18-11-3-1-10(2-4-11)15-6-13(9-25-15)22-17(24)14-5-12(8-20-14)21-16(23)7-19/h1-4,12-15,20H,5-9,19H2,(H,21,23)(H,22,24)/t12-,13?,14+,15?/m1/s1. The minimum atomic E-state index is -0.261. The van der Waals surface area contributed by atoms with Gasteiger partial charge in [-0.05, 0) is 30.5 Å². The lowest BCUT2D eigenvalue weighted by Gasteiger charge is -2.16. The van der Waals surface area contributed by atoms with Crippen LogP contribution in [-0.2, 0) is 9.59 Å². The average Bonchev–Trinajstić information content (AvgIpc) is 3.25. The van der Waals surface area contributed by atoms with Crippen LogP contribution in [0.2, 0.25) is 5.02 Å². The third-order valence-electron chi connectivity index (χ3n) is 4.58. The van der Waals surface area contributed by atoms with Crippen molar-refractivity contribution in [3.05, 3.63) is 34.9 Å². The molecular weight excluding hydrogens is 360 g/mol. The van der Waals surface area contributed by atoms with E-state index in [9.17, 15) is 9.59 Å². The lowest BCUT2D eigenvalue weighted by atomic mass is 10.1. The van der Waals surface area contributed by atoms with Gasteiger partial charge in [0.05, 0.1) is 12.6 Å². The molecule has 2 unspecified atom stereocenters. The van der Waals surface area contributed by atoms with Gasteiger partial charge in [-0.3, -0.25) is 9.59 Å². The molecule has 2 amide bonds. The van der Waals surface area contributed by atoms with Crippen LogP contribution in [0.4, 0.5) is 0 Å². The summed E-state index contributed by atoms with van der Waals surface area (Å²) in [5, 5.41) is 10.2. The monoisotopic (exact) mass is 382 g/mol. The van der Waals surface area contributed by atoms with Gasteiger partial charge in [0.1, 0.15) is 0 Å². The first-order valence-electron chi connectivity index (χ1n) is 8.45. The molecule has 2 heterocycles. The Labute approximate surface area is 156 Å². The summed E-state index contributed by atoms with van der Waals surface area (Å²) in [6, 6.07) is 7.77. The van der Waals surface area contributed by atoms with E-state index in [1.165, 1.54) is 5.56 Å². The van der Waals surface area contributed by atoms with Crippen molar-refractivity contribution in [1.29, 1.82) is 0 Å². The van der Waals surface area contributed by atoms with Gasteiger partial charge in [-0.15, -0.1) is 0 Å². The number of amides is 2. The fraction of sp³-hybridized carbons (Fsp3) is 0.529. The molecule has 3 rings (SSSR count). The molecule has 6 nitrogen and oxygen atoms in total. The number of benzene rings is 1. The zero-order chi connectivity index (χ0) is 17.8.